The summed E-state index contributed by atoms with van der Waals surface area (Å²) in [5.41, 5.74) is 16.5. The van der Waals surface area contributed by atoms with E-state index in [1.54, 1.807) is 0 Å². The van der Waals surface area contributed by atoms with Crippen LogP contribution >= 0.6 is 0 Å². The zero-order valence-corrected chi connectivity index (χ0v) is 22.8. The van der Waals surface area contributed by atoms with Crippen LogP contribution in [0.5, 0.6) is 0 Å². The van der Waals surface area contributed by atoms with Crippen LogP contribution in [0, 0.1) is 20.8 Å². The third-order valence-electron chi connectivity index (χ3n) is 10.3. The number of nitrogens with zero attached hydrogens (tertiary/aromatic N) is 2. The second kappa shape index (κ2) is 6.79. The summed E-state index contributed by atoms with van der Waals surface area (Å²) in [5, 5.41) is 2.43. The average Bonchev–Trinajstić information content (AvgIpc) is 3.21. The number of fused-ring (bicyclic) bond motifs is 19. The van der Waals surface area contributed by atoms with Gasteiger partial charge in [-0.05, 0) is 62.1 Å². The fourth-order valence-electron chi connectivity index (χ4n) is 8.44. The molecule has 3 aromatic carbocycles. The van der Waals surface area contributed by atoms with Crippen molar-refractivity contribution in [1.82, 2.24) is 0 Å². The summed E-state index contributed by atoms with van der Waals surface area (Å²) in [5.74, 6) is 0.351. The van der Waals surface area contributed by atoms with Crippen molar-refractivity contribution in [2.24, 2.45) is 0 Å². The van der Waals surface area contributed by atoms with Crippen molar-refractivity contribution in [3.63, 3.8) is 0 Å². The van der Waals surface area contributed by atoms with E-state index < -0.39 is 0 Å². The Bertz CT molecular complexity index is 2200. The molecule has 6 aromatic rings. The second-order valence-electron chi connectivity index (χ2n) is 12.3. The number of hydrogen-bond acceptors (Lipinski definition) is 1. The van der Waals surface area contributed by atoms with Gasteiger partial charge in [-0.2, -0.15) is 9.13 Å². The molecule has 2 aliphatic heterocycles. The number of hydrogen-bond donors (Lipinski definition) is 0. The van der Waals surface area contributed by atoms with Crippen LogP contribution < -0.4 is 9.13 Å². The van der Waals surface area contributed by atoms with E-state index in [-0.39, 0.29) is 5.54 Å². The molecule has 3 heteroatoms. The third-order valence-corrected chi connectivity index (χ3v) is 10.3. The van der Waals surface area contributed by atoms with E-state index in [9.17, 15) is 0 Å². The Morgan fingerprint density at radius 1 is 0.825 bits per heavy atom. The monoisotopic (exact) mass is 516 g/mol. The lowest BCUT2D eigenvalue weighted by atomic mass is 9.92. The fraction of sp³-hybridized carbons (Fsp3) is 0.189. The first-order chi connectivity index (χ1) is 19.6. The lowest BCUT2D eigenvalue weighted by Gasteiger charge is -2.12. The molecule has 40 heavy (non-hydrogen) atoms. The highest BCUT2D eigenvalue weighted by Gasteiger charge is 2.86. The Hall–Kier alpha value is -4.50. The fourth-order valence-corrected chi connectivity index (χ4v) is 8.44. The van der Waals surface area contributed by atoms with Gasteiger partial charge in [-0.1, -0.05) is 48.6 Å². The highest BCUT2D eigenvalue weighted by molar-refractivity contribution is 6.12. The maximum absolute atomic E-state index is 6.93. The number of benzene rings is 3. The smallest absolute Gasteiger partial charge is 0.269 e. The first kappa shape index (κ1) is 21.3. The Balaban J connectivity index is 1.35. The number of aromatic nitrogens is 2. The molecule has 3 nitrogen and oxygen atoms in total. The van der Waals surface area contributed by atoms with Crippen molar-refractivity contribution >= 4 is 28.0 Å². The van der Waals surface area contributed by atoms with Crippen molar-refractivity contribution in [1.29, 1.82) is 0 Å². The van der Waals surface area contributed by atoms with Crippen LogP contribution in [0.1, 0.15) is 50.9 Å². The van der Waals surface area contributed by atoms with Crippen molar-refractivity contribution in [2.75, 3.05) is 0 Å². The topological polar surface area (TPSA) is 20.9 Å². The predicted molar refractivity (Wildman–Crippen MR) is 157 cm³/mol. The van der Waals surface area contributed by atoms with Crippen molar-refractivity contribution < 1.29 is 13.6 Å². The second-order valence-corrected chi connectivity index (χ2v) is 12.3. The number of rotatable bonds is 0. The van der Waals surface area contributed by atoms with Crippen LogP contribution in [0.2, 0.25) is 0 Å². The Labute approximate surface area is 232 Å². The van der Waals surface area contributed by atoms with Gasteiger partial charge in [-0.3, -0.25) is 0 Å². The molecule has 0 amide bonds. The van der Waals surface area contributed by atoms with Gasteiger partial charge in [0.1, 0.15) is 17.1 Å². The van der Waals surface area contributed by atoms with E-state index in [1.165, 1.54) is 72.2 Å². The molecule has 0 radical (unpaired) electrons. The minimum Gasteiger partial charge on any atom is -0.455 e. The summed E-state index contributed by atoms with van der Waals surface area (Å²) in [7, 11) is 0. The van der Waals surface area contributed by atoms with Crippen molar-refractivity contribution in [3.8, 4) is 22.5 Å². The molecule has 190 valence electrons. The van der Waals surface area contributed by atoms with E-state index in [2.05, 4.69) is 121 Å². The van der Waals surface area contributed by atoms with Crippen LogP contribution in [0.3, 0.4) is 0 Å². The van der Waals surface area contributed by atoms with Gasteiger partial charge in [0.05, 0.1) is 11.1 Å². The molecule has 1 saturated carbocycles. The summed E-state index contributed by atoms with van der Waals surface area (Å²) in [6.07, 6.45) is 10.2. The molecule has 10 rings (SSSR count). The van der Waals surface area contributed by atoms with Crippen molar-refractivity contribution in [3.05, 3.63) is 124 Å². The van der Waals surface area contributed by atoms with Crippen LogP contribution in [-0.4, -0.2) is 0 Å². The van der Waals surface area contributed by atoms with Crippen LogP contribution in [0.25, 0.3) is 50.5 Å². The molecular formula is C37H28N2O+2. The molecule has 3 aromatic heterocycles. The summed E-state index contributed by atoms with van der Waals surface area (Å²) in [4.78, 5) is 0. The van der Waals surface area contributed by atoms with E-state index >= 15 is 0 Å². The average molecular weight is 517 g/mol. The molecule has 0 saturated heterocycles. The van der Waals surface area contributed by atoms with Crippen LogP contribution in [-0.2, 0) is 12.0 Å². The SMILES string of the molecule is Cc1ccc2[n+](c1)C1C(c3ccccc3-2)C12c1ccc3c(oc4c5c(ccc43)CC=C5)c1-c1cc(C)c(C)c[n+]12. The Morgan fingerprint density at radius 3 is 2.60 bits per heavy atom. The molecule has 4 aliphatic rings. The summed E-state index contributed by atoms with van der Waals surface area (Å²) in [6, 6.07) is 25.6. The highest BCUT2D eigenvalue weighted by atomic mass is 16.3. The zero-order valence-electron chi connectivity index (χ0n) is 22.8. The van der Waals surface area contributed by atoms with Gasteiger partial charge in [-0.25, -0.2) is 0 Å². The van der Waals surface area contributed by atoms with Gasteiger partial charge in [0, 0.05) is 45.2 Å². The largest absolute Gasteiger partial charge is 0.455 e. The molecule has 0 N–H and O–H groups in total. The molecule has 2 aliphatic carbocycles. The molecule has 1 spiro atoms. The number of aryl methyl sites for hydroxylation is 3. The first-order valence-corrected chi connectivity index (χ1v) is 14.4. The molecule has 5 heterocycles. The van der Waals surface area contributed by atoms with E-state index in [1.807, 2.05) is 0 Å². The number of allylic oxidation sites excluding steroid dienone is 1. The van der Waals surface area contributed by atoms with E-state index in [4.69, 9.17) is 4.42 Å². The Morgan fingerprint density at radius 2 is 1.68 bits per heavy atom. The van der Waals surface area contributed by atoms with E-state index in [0.717, 1.165) is 17.6 Å². The van der Waals surface area contributed by atoms with Crippen molar-refractivity contribution in [2.45, 2.75) is 44.7 Å². The van der Waals surface area contributed by atoms with E-state index in [0.29, 0.717) is 12.0 Å². The minimum atomic E-state index is -0.196. The Kier molecular flexibility index (Phi) is 3.62. The summed E-state index contributed by atoms with van der Waals surface area (Å²) >= 11 is 0. The van der Waals surface area contributed by atoms with Gasteiger partial charge in [0.25, 0.3) is 5.54 Å². The maximum atomic E-state index is 6.93. The molecule has 3 unspecified atom stereocenters. The first-order valence-electron chi connectivity index (χ1n) is 14.4. The number of pyridine rings is 2. The maximum Gasteiger partial charge on any atom is 0.269 e. The van der Waals surface area contributed by atoms with Gasteiger partial charge in [0.15, 0.2) is 12.4 Å². The quantitative estimate of drug-likeness (QED) is 0.193. The van der Waals surface area contributed by atoms with Gasteiger partial charge in [-0.15, -0.1) is 0 Å². The van der Waals surface area contributed by atoms with Gasteiger partial charge < -0.3 is 4.42 Å². The highest BCUT2D eigenvalue weighted by Crippen LogP contribution is 2.71. The summed E-state index contributed by atoms with van der Waals surface area (Å²) in [6.45, 7) is 6.69. The zero-order chi connectivity index (χ0) is 26.5. The normalized spacial score (nSPS) is 22.3. The summed E-state index contributed by atoms with van der Waals surface area (Å²) < 4.78 is 12.1. The number of furan rings is 1. The lowest BCUT2D eigenvalue weighted by Crippen LogP contribution is -2.51. The molecule has 1 fully saturated rings. The molecule has 3 atom stereocenters. The molecular weight excluding hydrogens is 488 g/mol. The lowest BCUT2D eigenvalue weighted by molar-refractivity contribution is -0.772. The van der Waals surface area contributed by atoms with Crippen LogP contribution in [0.15, 0.2) is 89.6 Å². The molecule has 0 bridgehead atoms. The predicted octanol–water partition coefficient (Wildman–Crippen LogP) is 7.40. The minimum absolute atomic E-state index is 0.196. The van der Waals surface area contributed by atoms with Crippen LogP contribution in [0.4, 0.5) is 0 Å². The van der Waals surface area contributed by atoms with Gasteiger partial charge in [0.2, 0.25) is 17.4 Å². The standard InChI is InChI=1S/C37H28N2O/c1-20-11-16-30-25-8-4-5-9-26(25)33-36(38(30)18-20)37(33)29-15-14-28-27-13-12-23-7-6-10-24(23)34(27)40-35(28)32(29)31-17-21(2)22(3)19-39(31)37/h4-6,8-19,33,36H,7H2,1-3H3/q+2. The van der Waals surface area contributed by atoms with Gasteiger partial charge >= 0.3 is 0 Å². The third kappa shape index (κ3) is 2.25.